The van der Waals surface area contributed by atoms with Crippen LogP contribution in [0.4, 0.5) is 5.82 Å². The molecule has 1 aromatic heterocycles. The van der Waals surface area contributed by atoms with E-state index >= 15 is 0 Å². The monoisotopic (exact) mass is 293 g/mol. The first-order valence-corrected chi connectivity index (χ1v) is 7.78. The predicted octanol–water partition coefficient (Wildman–Crippen LogP) is 3.04. The van der Waals surface area contributed by atoms with Crippen molar-refractivity contribution in [3.8, 4) is 5.88 Å². The lowest BCUT2D eigenvalue weighted by Gasteiger charge is -2.37. The lowest BCUT2D eigenvalue weighted by atomic mass is 9.75. The molecule has 1 aliphatic rings. The van der Waals surface area contributed by atoms with Gasteiger partial charge in [-0.3, -0.25) is 0 Å². The summed E-state index contributed by atoms with van der Waals surface area (Å²) < 4.78 is 11.2. The summed E-state index contributed by atoms with van der Waals surface area (Å²) >= 11 is 0. The van der Waals surface area contributed by atoms with Gasteiger partial charge in [0.25, 0.3) is 0 Å². The van der Waals surface area contributed by atoms with Gasteiger partial charge in [-0.25, -0.2) is 4.98 Å². The molecule has 0 saturated heterocycles. The molecule has 1 fully saturated rings. The second-order valence-corrected chi connectivity index (χ2v) is 6.46. The van der Waals surface area contributed by atoms with Gasteiger partial charge in [-0.1, -0.05) is 27.2 Å². The number of hydrogen-bond acceptors (Lipinski definition) is 5. The predicted molar refractivity (Wildman–Crippen MR) is 82.9 cm³/mol. The first-order chi connectivity index (χ1) is 9.99. The van der Waals surface area contributed by atoms with Crippen LogP contribution < -0.4 is 10.5 Å². The summed E-state index contributed by atoms with van der Waals surface area (Å²) in [7, 11) is 1.62. The zero-order valence-corrected chi connectivity index (χ0v) is 13.5. The standard InChI is InChI=1S/C16H27N3O2/c1-10(2)12-6-5-11(3)7-13(12)21-16-8-14(17)18-15(19-16)9-20-4/h8,10-13H,5-7,9H2,1-4H3,(H2,17,18,19). The molecule has 1 saturated carbocycles. The van der Waals surface area contributed by atoms with Crippen LogP contribution in [0.15, 0.2) is 6.07 Å². The van der Waals surface area contributed by atoms with Crippen LogP contribution in [-0.4, -0.2) is 23.2 Å². The minimum absolute atomic E-state index is 0.207. The maximum Gasteiger partial charge on any atom is 0.219 e. The van der Waals surface area contributed by atoms with E-state index in [4.69, 9.17) is 15.2 Å². The van der Waals surface area contributed by atoms with Gasteiger partial charge >= 0.3 is 0 Å². The minimum atomic E-state index is 0.207. The normalized spacial score (nSPS) is 26.0. The number of ether oxygens (including phenoxy) is 2. The first-order valence-electron chi connectivity index (χ1n) is 7.78. The number of anilines is 1. The molecular formula is C16H27N3O2. The molecular weight excluding hydrogens is 266 g/mol. The minimum Gasteiger partial charge on any atom is -0.474 e. The van der Waals surface area contributed by atoms with Crippen LogP contribution in [0, 0.1) is 17.8 Å². The maximum absolute atomic E-state index is 6.18. The van der Waals surface area contributed by atoms with Crippen LogP contribution in [-0.2, 0) is 11.3 Å². The first kappa shape index (κ1) is 16.0. The summed E-state index contributed by atoms with van der Waals surface area (Å²) in [5.41, 5.74) is 5.83. The molecule has 1 aliphatic carbocycles. The third-order valence-electron chi connectivity index (χ3n) is 4.28. The Bertz CT molecular complexity index is 465. The molecule has 5 nitrogen and oxygen atoms in total. The van der Waals surface area contributed by atoms with Gasteiger partial charge in [0, 0.05) is 13.2 Å². The fraction of sp³-hybridized carbons (Fsp3) is 0.750. The molecule has 2 rings (SSSR count). The largest absolute Gasteiger partial charge is 0.474 e. The molecule has 118 valence electrons. The average Bonchev–Trinajstić information content (AvgIpc) is 2.38. The number of rotatable bonds is 5. The third-order valence-corrected chi connectivity index (χ3v) is 4.28. The van der Waals surface area contributed by atoms with E-state index in [2.05, 4.69) is 30.7 Å². The highest BCUT2D eigenvalue weighted by atomic mass is 16.5. The molecule has 1 aromatic rings. The fourth-order valence-electron chi connectivity index (χ4n) is 3.15. The van der Waals surface area contributed by atoms with Crippen molar-refractivity contribution in [2.45, 2.75) is 52.7 Å². The summed E-state index contributed by atoms with van der Waals surface area (Å²) in [5, 5.41) is 0. The van der Waals surface area contributed by atoms with E-state index in [1.165, 1.54) is 12.8 Å². The van der Waals surface area contributed by atoms with E-state index in [1.54, 1.807) is 13.2 Å². The molecule has 21 heavy (non-hydrogen) atoms. The second-order valence-electron chi connectivity index (χ2n) is 6.46. The average molecular weight is 293 g/mol. The van der Waals surface area contributed by atoms with Gasteiger partial charge in [-0.05, 0) is 30.6 Å². The van der Waals surface area contributed by atoms with Gasteiger partial charge in [0.15, 0.2) is 5.82 Å². The van der Waals surface area contributed by atoms with Crippen molar-refractivity contribution in [3.63, 3.8) is 0 Å². The van der Waals surface area contributed by atoms with E-state index in [0.29, 0.717) is 41.9 Å². The summed E-state index contributed by atoms with van der Waals surface area (Å²) in [6, 6.07) is 1.70. The summed E-state index contributed by atoms with van der Waals surface area (Å²) in [4.78, 5) is 8.55. The molecule has 0 amide bonds. The summed E-state index contributed by atoms with van der Waals surface area (Å²) in [5.74, 6) is 3.44. The fourth-order valence-corrected chi connectivity index (χ4v) is 3.15. The summed E-state index contributed by atoms with van der Waals surface area (Å²) in [6.45, 7) is 7.16. The van der Waals surface area contributed by atoms with E-state index in [1.807, 2.05) is 0 Å². The van der Waals surface area contributed by atoms with Crippen LogP contribution in [0.5, 0.6) is 5.88 Å². The number of hydrogen-bond donors (Lipinski definition) is 1. The van der Waals surface area contributed by atoms with Gasteiger partial charge in [0.2, 0.25) is 5.88 Å². The van der Waals surface area contributed by atoms with Crippen molar-refractivity contribution in [2.75, 3.05) is 12.8 Å². The third kappa shape index (κ3) is 4.30. The lowest BCUT2D eigenvalue weighted by molar-refractivity contribution is 0.0420. The molecule has 0 bridgehead atoms. The maximum atomic E-state index is 6.18. The van der Waals surface area contributed by atoms with Crippen molar-refractivity contribution in [3.05, 3.63) is 11.9 Å². The Morgan fingerprint density at radius 3 is 2.76 bits per heavy atom. The van der Waals surface area contributed by atoms with E-state index in [-0.39, 0.29) is 6.10 Å². The quantitative estimate of drug-likeness (QED) is 0.903. The van der Waals surface area contributed by atoms with Crippen LogP contribution >= 0.6 is 0 Å². The zero-order chi connectivity index (χ0) is 15.4. The van der Waals surface area contributed by atoms with Gasteiger partial charge in [0.1, 0.15) is 18.5 Å². The van der Waals surface area contributed by atoms with Crippen LogP contribution in [0.25, 0.3) is 0 Å². The highest BCUT2D eigenvalue weighted by Gasteiger charge is 2.32. The smallest absolute Gasteiger partial charge is 0.219 e. The Labute approximate surface area is 127 Å². The Morgan fingerprint density at radius 2 is 2.10 bits per heavy atom. The van der Waals surface area contributed by atoms with Gasteiger partial charge in [-0.2, -0.15) is 4.98 Å². The molecule has 0 aliphatic heterocycles. The zero-order valence-electron chi connectivity index (χ0n) is 13.5. The van der Waals surface area contributed by atoms with Crippen LogP contribution in [0.2, 0.25) is 0 Å². The number of aromatic nitrogens is 2. The van der Waals surface area contributed by atoms with E-state index in [9.17, 15) is 0 Å². The molecule has 2 N–H and O–H groups in total. The summed E-state index contributed by atoms with van der Waals surface area (Å²) in [6.07, 6.45) is 3.78. The van der Waals surface area contributed by atoms with E-state index in [0.717, 1.165) is 6.42 Å². The van der Waals surface area contributed by atoms with Crippen molar-refractivity contribution in [1.82, 2.24) is 9.97 Å². The van der Waals surface area contributed by atoms with Crippen LogP contribution in [0.1, 0.15) is 45.9 Å². The van der Waals surface area contributed by atoms with Gasteiger partial charge < -0.3 is 15.2 Å². The van der Waals surface area contributed by atoms with Crippen molar-refractivity contribution >= 4 is 5.82 Å². The molecule has 0 radical (unpaired) electrons. The van der Waals surface area contributed by atoms with Gasteiger partial charge in [0.05, 0.1) is 0 Å². The Kier molecular flexibility index (Phi) is 5.39. The highest BCUT2D eigenvalue weighted by molar-refractivity contribution is 5.32. The van der Waals surface area contributed by atoms with Crippen molar-refractivity contribution < 1.29 is 9.47 Å². The molecule has 1 heterocycles. The van der Waals surface area contributed by atoms with Crippen LogP contribution in [0.3, 0.4) is 0 Å². The SMILES string of the molecule is COCc1nc(N)cc(OC2CC(C)CCC2C(C)C)n1. The van der Waals surface area contributed by atoms with Crippen molar-refractivity contribution in [2.24, 2.45) is 17.8 Å². The number of nitrogen functional groups attached to an aromatic ring is 1. The molecule has 0 aromatic carbocycles. The molecule has 3 unspecified atom stereocenters. The lowest BCUT2D eigenvalue weighted by Crippen LogP contribution is -2.36. The Morgan fingerprint density at radius 1 is 1.33 bits per heavy atom. The topological polar surface area (TPSA) is 70.3 Å². The molecule has 0 spiro atoms. The highest BCUT2D eigenvalue weighted by Crippen LogP contribution is 2.35. The molecule has 5 heteroatoms. The van der Waals surface area contributed by atoms with Gasteiger partial charge in [-0.15, -0.1) is 0 Å². The van der Waals surface area contributed by atoms with E-state index < -0.39 is 0 Å². The molecule has 3 atom stereocenters. The Balaban J connectivity index is 2.14. The number of nitrogens with zero attached hydrogens (tertiary/aromatic N) is 2. The van der Waals surface area contributed by atoms with Crippen molar-refractivity contribution in [1.29, 1.82) is 0 Å². The second kappa shape index (κ2) is 7.07. The number of methoxy groups -OCH3 is 1. The number of nitrogens with two attached hydrogens (primary N) is 1. The Hall–Kier alpha value is -1.36.